The van der Waals surface area contributed by atoms with Crippen LogP contribution in [0.15, 0.2) is 48.5 Å². The first-order valence-corrected chi connectivity index (χ1v) is 6.87. The molecule has 0 aromatic heterocycles. The SMILES string of the molecule is CC(=O)Oc1cc(OC(C)=O)c2c(ccc3ccccc32)c1. The Morgan fingerprint density at radius 2 is 1.50 bits per heavy atom. The Morgan fingerprint density at radius 1 is 0.818 bits per heavy atom. The van der Waals surface area contributed by atoms with Crippen molar-refractivity contribution in [2.24, 2.45) is 0 Å². The molecular formula is C18H14O4. The second kappa shape index (κ2) is 5.48. The second-order valence-corrected chi connectivity index (χ2v) is 4.99. The Hall–Kier alpha value is -2.88. The first-order chi connectivity index (χ1) is 10.5. The van der Waals surface area contributed by atoms with Crippen molar-refractivity contribution in [3.8, 4) is 11.5 Å². The van der Waals surface area contributed by atoms with E-state index < -0.39 is 11.9 Å². The van der Waals surface area contributed by atoms with Crippen molar-refractivity contribution < 1.29 is 19.1 Å². The number of ether oxygens (including phenoxy) is 2. The summed E-state index contributed by atoms with van der Waals surface area (Å²) in [5, 5.41) is 3.69. The normalized spacial score (nSPS) is 10.6. The van der Waals surface area contributed by atoms with Crippen molar-refractivity contribution in [1.29, 1.82) is 0 Å². The van der Waals surface area contributed by atoms with Gasteiger partial charge in [0.25, 0.3) is 0 Å². The van der Waals surface area contributed by atoms with E-state index in [1.165, 1.54) is 13.8 Å². The maximum Gasteiger partial charge on any atom is 0.308 e. The first-order valence-electron chi connectivity index (χ1n) is 6.87. The minimum Gasteiger partial charge on any atom is -0.427 e. The topological polar surface area (TPSA) is 52.6 Å². The van der Waals surface area contributed by atoms with Crippen LogP contribution < -0.4 is 9.47 Å². The summed E-state index contributed by atoms with van der Waals surface area (Å²) >= 11 is 0. The van der Waals surface area contributed by atoms with Gasteiger partial charge in [-0.1, -0.05) is 36.4 Å². The van der Waals surface area contributed by atoms with E-state index in [0.717, 1.165) is 21.5 Å². The summed E-state index contributed by atoms with van der Waals surface area (Å²) in [7, 11) is 0. The Morgan fingerprint density at radius 3 is 2.23 bits per heavy atom. The zero-order valence-electron chi connectivity index (χ0n) is 12.3. The zero-order chi connectivity index (χ0) is 15.7. The van der Waals surface area contributed by atoms with Gasteiger partial charge in [0.2, 0.25) is 0 Å². The smallest absolute Gasteiger partial charge is 0.308 e. The predicted octanol–water partition coefficient (Wildman–Crippen LogP) is 3.84. The highest BCUT2D eigenvalue weighted by Gasteiger charge is 2.12. The van der Waals surface area contributed by atoms with E-state index in [0.29, 0.717) is 11.5 Å². The number of fused-ring (bicyclic) bond motifs is 3. The Balaban J connectivity index is 2.33. The number of hydrogen-bond donors (Lipinski definition) is 0. The minimum absolute atomic E-state index is 0.353. The molecule has 0 bridgehead atoms. The lowest BCUT2D eigenvalue weighted by Crippen LogP contribution is -2.05. The molecule has 4 nitrogen and oxygen atoms in total. The summed E-state index contributed by atoms with van der Waals surface area (Å²) < 4.78 is 10.5. The standard InChI is InChI=1S/C18H14O4/c1-11(19)21-15-9-14-8-7-13-5-3-4-6-16(13)18(14)17(10-15)22-12(2)20/h3-10H,1-2H3. The number of rotatable bonds is 2. The molecule has 0 aliphatic rings. The minimum atomic E-state index is -0.422. The maximum atomic E-state index is 11.4. The highest BCUT2D eigenvalue weighted by atomic mass is 16.5. The van der Waals surface area contributed by atoms with E-state index in [4.69, 9.17) is 9.47 Å². The highest BCUT2D eigenvalue weighted by molar-refractivity contribution is 6.11. The molecule has 3 aromatic carbocycles. The van der Waals surface area contributed by atoms with Gasteiger partial charge in [-0.2, -0.15) is 0 Å². The van der Waals surface area contributed by atoms with Gasteiger partial charge in [0.1, 0.15) is 11.5 Å². The van der Waals surface area contributed by atoms with Gasteiger partial charge in [0, 0.05) is 25.3 Å². The molecule has 0 radical (unpaired) electrons. The third kappa shape index (κ3) is 2.63. The summed E-state index contributed by atoms with van der Waals surface area (Å²) in [6.07, 6.45) is 0. The van der Waals surface area contributed by atoms with Gasteiger partial charge in [-0.25, -0.2) is 0 Å². The highest BCUT2D eigenvalue weighted by Crippen LogP contribution is 2.36. The van der Waals surface area contributed by atoms with Crippen LogP contribution in [0.1, 0.15) is 13.8 Å². The van der Waals surface area contributed by atoms with Crippen LogP contribution in [0.25, 0.3) is 21.5 Å². The fourth-order valence-electron chi connectivity index (χ4n) is 2.54. The number of benzene rings is 3. The monoisotopic (exact) mass is 294 g/mol. The van der Waals surface area contributed by atoms with Gasteiger partial charge in [0.05, 0.1) is 0 Å². The van der Waals surface area contributed by atoms with Crippen LogP contribution in [0.5, 0.6) is 11.5 Å². The van der Waals surface area contributed by atoms with Crippen molar-refractivity contribution in [1.82, 2.24) is 0 Å². The molecule has 0 spiro atoms. The number of carbonyl (C=O) groups is 2. The molecule has 3 rings (SSSR count). The van der Waals surface area contributed by atoms with Crippen LogP contribution in [-0.2, 0) is 9.59 Å². The summed E-state index contributed by atoms with van der Waals surface area (Å²) in [6.45, 7) is 2.67. The Labute approximate surface area is 127 Å². The molecule has 0 atom stereocenters. The van der Waals surface area contributed by atoms with Crippen molar-refractivity contribution >= 4 is 33.5 Å². The number of hydrogen-bond acceptors (Lipinski definition) is 4. The zero-order valence-corrected chi connectivity index (χ0v) is 12.3. The summed E-state index contributed by atoms with van der Waals surface area (Å²) in [6, 6.07) is 15.1. The molecule has 0 aliphatic carbocycles. The van der Waals surface area contributed by atoms with Gasteiger partial charge in [-0.3, -0.25) is 9.59 Å². The molecule has 3 aromatic rings. The van der Waals surface area contributed by atoms with E-state index in [1.54, 1.807) is 12.1 Å². The van der Waals surface area contributed by atoms with Crippen LogP contribution in [0.2, 0.25) is 0 Å². The van der Waals surface area contributed by atoms with Crippen molar-refractivity contribution in [3.05, 3.63) is 48.5 Å². The lowest BCUT2D eigenvalue weighted by molar-refractivity contribution is -0.132. The predicted molar refractivity (Wildman–Crippen MR) is 84.1 cm³/mol. The molecule has 110 valence electrons. The van der Waals surface area contributed by atoms with E-state index in [1.807, 2.05) is 36.4 Å². The molecule has 0 fully saturated rings. The van der Waals surface area contributed by atoms with Crippen LogP contribution in [-0.4, -0.2) is 11.9 Å². The lowest BCUT2D eigenvalue weighted by Gasteiger charge is -2.12. The molecule has 0 amide bonds. The van der Waals surface area contributed by atoms with Crippen LogP contribution in [0.3, 0.4) is 0 Å². The van der Waals surface area contributed by atoms with Crippen molar-refractivity contribution in [2.45, 2.75) is 13.8 Å². The largest absolute Gasteiger partial charge is 0.427 e. The average Bonchev–Trinajstić information content (AvgIpc) is 2.45. The molecule has 0 N–H and O–H groups in total. The summed E-state index contributed by atoms with van der Waals surface area (Å²) in [5.74, 6) is -0.104. The third-order valence-corrected chi connectivity index (χ3v) is 3.29. The summed E-state index contributed by atoms with van der Waals surface area (Å²) in [5.41, 5.74) is 0. The van der Waals surface area contributed by atoms with Gasteiger partial charge in [-0.05, 0) is 22.2 Å². The molecule has 4 heteroatoms. The first kappa shape index (κ1) is 14.1. The maximum absolute atomic E-state index is 11.4. The molecule has 0 saturated carbocycles. The van der Waals surface area contributed by atoms with Crippen LogP contribution in [0.4, 0.5) is 0 Å². The Kier molecular flexibility index (Phi) is 3.51. The number of carbonyl (C=O) groups excluding carboxylic acids is 2. The molecule has 0 heterocycles. The third-order valence-electron chi connectivity index (χ3n) is 3.29. The fourth-order valence-corrected chi connectivity index (χ4v) is 2.54. The molecule has 0 saturated heterocycles. The van der Waals surface area contributed by atoms with Gasteiger partial charge in [-0.15, -0.1) is 0 Å². The van der Waals surface area contributed by atoms with Crippen molar-refractivity contribution in [2.75, 3.05) is 0 Å². The Bertz CT molecular complexity index is 896. The molecule has 0 aliphatic heterocycles. The van der Waals surface area contributed by atoms with Crippen LogP contribution in [0, 0.1) is 0 Å². The average molecular weight is 294 g/mol. The number of esters is 2. The van der Waals surface area contributed by atoms with Crippen molar-refractivity contribution in [3.63, 3.8) is 0 Å². The molecule has 0 unspecified atom stereocenters. The van der Waals surface area contributed by atoms with E-state index in [9.17, 15) is 9.59 Å². The quantitative estimate of drug-likeness (QED) is 0.409. The summed E-state index contributed by atoms with van der Waals surface area (Å²) in [4.78, 5) is 22.6. The van der Waals surface area contributed by atoms with E-state index >= 15 is 0 Å². The van der Waals surface area contributed by atoms with Crippen LogP contribution >= 0.6 is 0 Å². The van der Waals surface area contributed by atoms with Gasteiger partial charge < -0.3 is 9.47 Å². The molecule has 22 heavy (non-hydrogen) atoms. The second-order valence-electron chi connectivity index (χ2n) is 4.99. The van der Waals surface area contributed by atoms with Gasteiger partial charge >= 0.3 is 11.9 Å². The fraction of sp³-hybridized carbons (Fsp3) is 0.111. The lowest BCUT2D eigenvalue weighted by atomic mass is 10.0. The molecular weight excluding hydrogens is 280 g/mol. The van der Waals surface area contributed by atoms with E-state index in [2.05, 4.69) is 0 Å². The van der Waals surface area contributed by atoms with Gasteiger partial charge in [0.15, 0.2) is 0 Å². The van der Waals surface area contributed by atoms with E-state index in [-0.39, 0.29) is 0 Å².